The van der Waals surface area contributed by atoms with Gasteiger partial charge in [-0.25, -0.2) is 22.0 Å². The lowest BCUT2D eigenvalue weighted by molar-refractivity contribution is -0.276. The zero-order valence-corrected chi connectivity index (χ0v) is 29.9. The first-order valence-electron chi connectivity index (χ1n) is 17.5. The quantitative estimate of drug-likeness (QED) is 0.0588. The standard InChI is InChI=1S/C42H39F5N2O6/c1-23-33(21-49(2)20-32(52)30-7-4-8-31(51)18-30)54-42(55-40(23)27-11-9-24(22-50)10-12-27)28-15-13-26(14-16-28)29-6-3-5-25(17-29)19-48-41(53)34-35(43)37(45)39(47)38(46)36(34)44/h3-18,23,32-33,40,42,50-52H,19-22H2,1-2H3,(H,48,53)/t23-,32-,33+,40+,42+/m1/s1. The summed E-state index contributed by atoms with van der Waals surface area (Å²) in [5.74, 6) is -12.7. The van der Waals surface area contributed by atoms with Crippen molar-refractivity contribution < 1.29 is 51.5 Å². The number of benzene rings is 5. The van der Waals surface area contributed by atoms with Crippen LogP contribution >= 0.6 is 0 Å². The van der Waals surface area contributed by atoms with Crippen LogP contribution in [0.3, 0.4) is 0 Å². The number of aliphatic hydroxyl groups is 2. The van der Waals surface area contributed by atoms with Gasteiger partial charge in [0.1, 0.15) is 11.3 Å². The van der Waals surface area contributed by atoms with Crippen LogP contribution in [0.25, 0.3) is 11.1 Å². The summed E-state index contributed by atoms with van der Waals surface area (Å²) in [5, 5.41) is 32.6. The Labute approximate surface area is 314 Å². The molecule has 0 aromatic heterocycles. The van der Waals surface area contributed by atoms with Gasteiger partial charge in [0.05, 0.1) is 24.9 Å². The summed E-state index contributed by atoms with van der Waals surface area (Å²) in [7, 11) is 1.88. The number of phenolic OH excluding ortho intramolecular Hbond substituents is 1. The van der Waals surface area contributed by atoms with E-state index in [4.69, 9.17) is 9.47 Å². The highest BCUT2D eigenvalue weighted by Crippen LogP contribution is 2.42. The van der Waals surface area contributed by atoms with Crippen LogP contribution < -0.4 is 5.32 Å². The third-order valence-electron chi connectivity index (χ3n) is 9.69. The number of hydrogen-bond acceptors (Lipinski definition) is 7. The molecule has 13 heteroatoms. The Morgan fingerprint density at radius 2 is 1.42 bits per heavy atom. The SMILES string of the molecule is C[C@@H]1[C@H](CN(C)C[C@@H](O)c2cccc(O)c2)O[C@H](c2ccc(-c3cccc(CNC(=O)c4c(F)c(F)c(F)c(F)c4F)c3)cc2)O[C@@H]1c1ccc(CO)cc1. The number of ether oxygens (including phenoxy) is 2. The highest BCUT2D eigenvalue weighted by atomic mass is 19.2. The number of nitrogens with zero attached hydrogens (tertiary/aromatic N) is 1. The molecule has 5 aromatic carbocycles. The highest BCUT2D eigenvalue weighted by Gasteiger charge is 2.39. The lowest BCUT2D eigenvalue weighted by Gasteiger charge is -2.42. The van der Waals surface area contributed by atoms with Gasteiger partial charge in [-0.15, -0.1) is 0 Å². The Balaban J connectivity index is 1.17. The Bertz CT molecular complexity index is 2110. The Kier molecular flexibility index (Phi) is 12.3. The topological polar surface area (TPSA) is 111 Å². The second-order valence-electron chi connectivity index (χ2n) is 13.6. The lowest BCUT2D eigenvalue weighted by Crippen LogP contribution is -2.44. The molecule has 4 N–H and O–H groups in total. The van der Waals surface area contributed by atoms with Gasteiger partial charge in [-0.05, 0) is 58.6 Å². The molecule has 0 aliphatic carbocycles. The van der Waals surface area contributed by atoms with Gasteiger partial charge in [-0.1, -0.05) is 85.8 Å². The van der Waals surface area contributed by atoms with Gasteiger partial charge < -0.3 is 35.0 Å². The second kappa shape index (κ2) is 17.1. The number of rotatable bonds is 12. The van der Waals surface area contributed by atoms with Crippen molar-refractivity contribution in [1.29, 1.82) is 0 Å². The van der Waals surface area contributed by atoms with Gasteiger partial charge in [0, 0.05) is 31.1 Å². The third kappa shape index (κ3) is 8.87. The maximum Gasteiger partial charge on any atom is 0.257 e. The van der Waals surface area contributed by atoms with Gasteiger partial charge in [0.2, 0.25) is 5.82 Å². The molecule has 1 aliphatic heterocycles. The second-order valence-corrected chi connectivity index (χ2v) is 13.6. The maximum absolute atomic E-state index is 14.2. The van der Waals surface area contributed by atoms with Crippen molar-refractivity contribution in [2.24, 2.45) is 5.92 Å². The normalized spacial score (nSPS) is 19.0. The van der Waals surface area contributed by atoms with Crippen LogP contribution in [0.1, 0.15) is 63.6 Å². The molecule has 8 nitrogen and oxygen atoms in total. The average molecular weight is 763 g/mol. The van der Waals surface area contributed by atoms with E-state index in [1.807, 2.05) is 73.5 Å². The van der Waals surface area contributed by atoms with E-state index in [1.165, 1.54) is 6.07 Å². The summed E-state index contributed by atoms with van der Waals surface area (Å²) in [6.45, 7) is 2.42. The molecular formula is C42H39F5N2O6. The first kappa shape index (κ1) is 39.5. The summed E-state index contributed by atoms with van der Waals surface area (Å²) in [6.07, 6.45) is -2.33. The minimum atomic E-state index is -2.35. The molecule has 5 aromatic rings. The fourth-order valence-electron chi connectivity index (χ4n) is 6.61. The summed E-state index contributed by atoms with van der Waals surface area (Å²) in [6, 6.07) is 28.3. The summed E-state index contributed by atoms with van der Waals surface area (Å²) >= 11 is 0. The minimum absolute atomic E-state index is 0.0671. The molecule has 55 heavy (non-hydrogen) atoms. The van der Waals surface area contributed by atoms with Crippen molar-refractivity contribution in [3.63, 3.8) is 0 Å². The van der Waals surface area contributed by atoms with E-state index in [0.29, 0.717) is 17.7 Å². The number of carbonyl (C=O) groups is 1. The number of likely N-dealkylation sites (N-methyl/N-ethyl adjacent to an activating group) is 1. The van der Waals surface area contributed by atoms with Crippen LogP contribution in [0, 0.1) is 35.0 Å². The molecule has 1 amide bonds. The predicted molar refractivity (Wildman–Crippen MR) is 193 cm³/mol. The zero-order chi connectivity index (χ0) is 39.4. The number of hydrogen-bond donors (Lipinski definition) is 4. The van der Waals surface area contributed by atoms with Crippen LogP contribution in [0.4, 0.5) is 22.0 Å². The number of phenols is 1. The number of nitrogens with one attached hydrogen (secondary N) is 1. The van der Waals surface area contributed by atoms with E-state index in [1.54, 1.807) is 36.4 Å². The van der Waals surface area contributed by atoms with E-state index in [2.05, 4.69) is 5.32 Å². The molecule has 5 atom stereocenters. The van der Waals surface area contributed by atoms with Crippen molar-refractivity contribution in [2.75, 3.05) is 20.1 Å². The summed E-state index contributed by atoms with van der Waals surface area (Å²) in [5.41, 5.74) is 3.43. The zero-order valence-electron chi connectivity index (χ0n) is 29.9. The number of aromatic hydroxyl groups is 1. The number of carbonyl (C=O) groups excluding carboxylic acids is 1. The van der Waals surface area contributed by atoms with Gasteiger partial charge in [0.15, 0.2) is 29.6 Å². The molecule has 1 saturated heterocycles. The van der Waals surface area contributed by atoms with Crippen LogP contribution in [-0.2, 0) is 22.6 Å². The van der Waals surface area contributed by atoms with Gasteiger partial charge in [-0.3, -0.25) is 4.79 Å². The van der Waals surface area contributed by atoms with Crippen LogP contribution in [0.15, 0.2) is 97.1 Å². The minimum Gasteiger partial charge on any atom is -0.508 e. The molecule has 0 saturated carbocycles. The summed E-state index contributed by atoms with van der Waals surface area (Å²) in [4.78, 5) is 14.4. The largest absolute Gasteiger partial charge is 0.508 e. The molecule has 1 aliphatic rings. The molecule has 0 spiro atoms. The van der Waals surface area contributed by atoms with E-state index in [-0.39, 0.29) is 43.6 Å². The average Bonchev–Trinajstić information content (AvgIpc) is 3.19. The molecule has 288 valence electrons. The van der Waals surface area contributed by atoms with Crippen LogP contribution in [0.5, 0.6) is 5.75 Å². The smallest absolute Gasteiger partial charge is 0.257 e. The van der Waals surface area contributed by atoms with E-state index < -0.39 is 53.0 Å². The maximum atomic E-state index is 14.2. The van der Waals surface area contributed by atoms with Crippen molar-refractivity contribution in [2.45, 2.75) is 44.7 Å². The molecule has 1 heterocycles. The molecule has 0 unspecified atom stereocenters. The van der Waals surface area contributed by atoms with E-state index >= 15 is 0 Å². The lowest BCUT2D eigenvalue weighted by atomic mass is 9.90. The van der Waals surface area contributed by atoms with Crippen molar-refractivity contribution in [3.8, 4) is 16.9 Å². The first-order valence-corrected chi connectivity index (χ1v) is 17.5. The number of halogens is 5. The highest BCUT2D eigenvalue weighted by molar-refractivity contribution is 5.94. The van der Waals surface area contributed by atoms with Crippen LogP contribution in [-0.4, -0.2) is 52.4 Å². The van der Waals surface area contributed by atoms with Gasteiger partial charge in [0.25, 0.3) is 5.91 Å². The monoisotopic (exact) mass is 762 g/mol. The molecule has 6 rings (SSSR count). The third-order valence-corrected chi connectivity index (χ3v) is 9.69. The molecule has 1 fully saturated rings. The van der Waals surface area contributed by atoms with E-state index in [0.717, 1.165) is 27.8 Å². The summed E-state index contributed by atoms with van der Waals surface area (Å²) < 4.78 is 82.2. The molecule has 0 radical (unpaired) electrons. The molecular weight excluding hydrogens is 723 g/mol. The van der Waals surface area contributed by atoms with Crippen LogP contribution in [0.2, 0.25) is 0 Å². The van der Waals surface area contributed by atoms with Gasteiger partial charge in [-0.2, -0.15) is 0 Å². The predicted octanol–water partition coefficient (Wildman–Crippen LogP) is 7.63. The fourth-order valence-corrected chi connectivity index (χ4v) is 6.61. The molecule has 0 bridgehead atoms. The Morgan fingerprint density at radius 1 is 0.782 bits per heavy atom. The Hall–Kier alpha value is -5.18. The number of aliphatic hydroxyl groups excluding tert-OH is 2. The number of amides is 1. The Morgan fingerprint density at radius 3 is 2.07 bits per heavy atom. The van der Waals surface area contributed by atoms with Crippen molar-refractivity contribution in [3.05, 3.63) is 160 Å². The van der Waals surface area contributed by atoms with Gasteiger partial charge >= 0.3 is 0 Å². The van der Waals surface area contributed by atoms with Crippen molar-refractivity contribution in [1.82, 2.24) is 10.2 Å². The van der Waals surface area contributed by atoms with E-state index in [9.17, 15) is 42.1 Å². The fraction of sp³-hybridized carbons (Fsp3) is 0.262. The first-order chi connectivity index (χ1) is 26.3. The van der Waals surface area contributed by atoms with Crippen molar-refractivity contribution >= 4 is 5.91 Å².